The van der Waals surface area contributed by atoms with Crippen molar-refractivity contribution in [1.82, 2.24) is 0 Å². The summed E-state index contributed by atoms with van der Waals surface area (Å²) < 4.78 is 51.4. The zero-order valence-electron chi connectivity index (χ0n) is 9.93. The average molecular weight is 349 g/mol. The van der Waals surface area contributed by atoms with Crippen LogP contribution in [0, 0.1) is 5.82 Å². The molecule has 0 aliphatic carbocycles. The van der Waals surface area contributed by atoms with Crippen molar-refractivity contribution in [1.29, 1.82) is 0 Å². The van der Waals surface area contributed by atoms with Crippen molar-refractivity contribution < 1.29 is 17.6 Å². The van der Waals surface area contributed by atoms with Gasteiger partial charge in [0.15, 0.2) is 0 Å². The molecule has 0 unspecified atom stereocenters. The van der Waals surface area contributed by atoms with Gasteiger partial charge in [-0.2, -0.15) is 13.2 Å². The number of anilines is 3. The second-order valence-corrected chi connectivity index (χ2v) is 4.91. The molecule has 0 saturated heterocycles. The van der Waals surface area contributed by atoms with Crippen molar-refractivity contribution in [3.63, 3.8) is 0 Å². The van der Waals surface area contributed by atoms with E-state index in [2.05, 4.69) is 21.2 Å². The molecule has 2 nitrogen and oxygen atoms in total. The van der Waals surface area contributed by atoms with Gasteiger partial charge in [-0.15, -0.1) is 0 Å². The predicted octanol–water partition coefficient (Wildman–Crippen LogP) is 4.93. The molecule has 0 amide bonds. The van der Waals surface area contributed by atoms with E-state index in [0.29, 0.717) is 5.69 Å². The number of hydrogen-bond acceptors (Lipinski definition) is 2. The Labute approximate surface area is 120 Å². The van der Waals surface area contributed by atoms with Crippen LogP contribution in [0.5, 0.6) is 0 Å². The van der Waals surface area contributed by atoms with Gasteiger partial charge in [-0.1, -0.05) is 0 Å². The molecular weight excluding hydrogens is 340 g/mol. The first-order valence-corrected chi connectivity index (χ1v) is 6.25. The topological polar surface area (TPSA) is 38.0 Å². The van der Waals surface area contributed by atoms with Gasteiger partial charge in [-0.3, -0.25) is 0 Å². The van der Waals surface area contributed by atoms with Crippen LogP contribution in [0.4, 0.5) is 34.6 Å². The van der Waals surface area contributed by atoms with Crippen molar-refractivity contribution in [2.45, 2.75) is 6.18 Å². The van der Waals surface area contributed by atoms with Gasteiger partial charge in [0.25, 0.3) is 0 Å². The third-order valence-corrected chi connectivity index (χ3v) is 3.17. The third-order valence-electron chi connectivity index (χ3n) is 2.57. The maximum atomic E-state index is 13.1. The van der Waals surface area contributed by atoms with Crippen molar-refractivity contribution in [3.8, 4) is 0 Å². The molecular formula is C13H9BrF4N2. The van der Waals surface area contributed by atoms with E-state index in [0.717, 1.165) is 6.07 Å². The Morgan fingerprint density at radius 3 is 2.20 bits per heavy atom. The van der Waals surface area contributed by atoms with Crippen LogP contribution in [-0.2, 0) is 6.18 Å². The lowest BCUT2D eigenvalue weighted by atomic mass is 10.1. The Bertz CT molecular complexity index is 641. The van der Waals surface area contributed by atoms with Gasteiger partial charge in [0.05, 0.1) is 10.0 Å². The summed E-state index contributed by atoms with van der Waals surface area (Å²) in [7, 11) is 0. The Hall–Kier alpha value is -1.76. The Balaban J connectivity index is 2.32. The lowest BCUT2D eigenvalue weighted by molar-refractivity contribution is -0.136. The number of halogens is 5. The van der Waals surface area contributed by atoms with Crippen molar-refractivity contribution in [3.05, 3.63) is 52.3 Å². The molecule has 2 rings (SSSR count). The molecule has 0 aliphatic rings. The lowest BCUT2D eigenvalue weighted by Gasteiger charge is -2.13. The molecule has 2 aromatic carbocycles. The minimum atomic E-state index is -4.52. The van der Waals surface area contributed by atoms with E-state index in [4.69, 9.17) is 5.73 Å². The molecule has 0 bridgehead atoms. The van der Waals surface area contributed by atoms with E-state index in [1.807, 2.05) is 0 Å². The van der Waals surface area contributed by atoms with Gasteiger partial charge in [-0.25, -0.2) is 4.39 Å². The molecule has 0 fully saturated rings. The van der Waals surface area contributed by atoms with E-state index in [9.17, 15) is 17.6 Å². The SMILES string of the molecule is Nc1ccc(Nc2ccc(F)c(Br)c2)cc1C(F)(F)F. The third kappa shape index (κ3) is 3.22. The standard InChI is InChI=1S/C13H9BrF4N2/c14-10-6-8(1-3-11(10)15)20-7-2-4-12(19)9(5-7)13(16,17)18/h1-6,20H,19H2. The van der Waals surface area contributed by atoms with E-state index in [1.54, 1.807) is 0 Å². The highest BCUT2D eigenvalue weighted by atomic mass is 79.9. The first kappa shape index (κ1) is 14.6. The number of nitrogens with two attached hydrogens (primary N) is 1. The number of rotatable bonds is 2. The predicted molar refractivity (Wildman–Crippen MR) is 73.2 cm³/mol. The van der Waals surface area contributed by atoms with Crippen LogP contribution in [0.3, 0.4) is 0 Å². The molecule has 0 atom stereocenters. The summed E-state index contributed by atoms with van der Waals surface area (Å²) in [6.07, 6.45) is -4.52. The zero-order valence-corrected chi connectivity index (χ0v) is 11.5. The second kappa shape index (κ2) is 5.32. The normalized spacial score (nSPS) is 11.4. The minimum Gasteiger partial charge on any atom is -0.398 e. The number of nitrogen functional groups attached to an aromatic ring is 1. The summed E-state index contributed by atoms with van der Waals surface area (Å²) in [6.45, 7) is 0. The minimum absolute atomic E-state index is 0.213. The fourth-order valence-corrected chi connectivity index (χ4v) is 2.00. The van der Waals surface area contributed by atoms with Crippen LogP contribution in [0.1, 0.15) is 5.56 Å². The van der Waals surface area contributed by atoms with Crippen molar-refractivity contribution in [2.75, 3.05) is 11.1 Å². The first-order valence-electron chi connectivity index (χ1n) is 5.46. The van der Waals surface area contributed by atoms with E-state index in [-0.39, 0.29) is 15.8 Å². The van der Waals surface area contributed by atoms with Gasteiger partial charge in [-0.05, 0) is 52.3 Å². The summed E-state index contributed by atoms with van der Waals surface area (Å²) in [5, 5.41) is 2.76. The lowest BCUT2D eigenvalue weighted by Crippen LogP contribution is -2.09. The highest BCUT2D eigenvalue weighted by Gasteiger charge is 2.33. The van der Waals surface area contributed by atoms with E-state index in [1.165, 1.54) is 30.3 Å². The van der Waals surface area contributed by atoms with Gasteiger partial charge < -0.3 is 11.1 Å². The first-order chi connectivity index (χ1) is 9.27. The molecule has 7 heteroatoms. The van der Waals surface area contributed by atoms with Crippen LogP contribution < -0.4 is 11.1 Å². The molecule has 0 aliphatic heterocycles. The average Bonchev–Trinajstić information content (AvgIpc) is 2.35. The number of hydrogen-bond donors (Lipinski definition) is 2. The number of benzene rings is 2. The fraction of sp³-hybridized carbons (Fsp3) is 0.0769. The molecule has 0 spiro atoms. The number of alkyl halides is 3. The van der Waals surface area contributed by atoms with Crippen LogP contribution in [0.15, 0.2) is 40.9 Å². The van der Waals surface area contributed by atoms with Crippen molar-refractivity contribution >= 4 is 33.0 Å². The fourth-order valence-electron chi connectivity index (χ4n) is 1.62. The largest absolute Gasteiger partial charge is 0.418 e. The summed E-state index contributed by atoms with van der Waals surface area (Å²) in [6, 6.07) is 7.55. The van der Waals surface area contributed by atoms with Gasteiger partial charge in [0.1, 0.15) is 5.82 Å². The number of nitrogens with one attached hydrogen (secondary N) is 1. The van der Waals surface area contributed by atoms with Gasteiger partial charge in [0.2, 0.25) is 0 Å². The van der Waals surface area contributed by atoms with Crippen LogP contribution in [0.25, 0.3) is 0 Å². The smallest absolute Gasteiger partial charge is 0.398 e. The van der Waals surface area contributed by atoms with Crippen LogP contribution in [-0.4, -0.2) is 0 Å². The van der Waals surface area contributed by atoms with Gasteiger partial charge in [0, 0.05) is 17.1 Å². The van der Waals surface area contributed by atoms with Crippen LogP contribution in [0.2, 0.25) is 0 Å². The zero-order chi connectivity index (χ0) is 14.9. The summed E-state index contributed by atoms with van der Waals surface area (Å²) in [5.74, 6) is -0.455. The molecule has 0 aromatic heterocycles. The molecule has 2 aromatic rings. The molecule has 20 heavy (non-hydrogen) atoms. The van der Waals surface area contributed by atoms with E-state index >= 15 is 0 Å². The molecule has 0 heterocycles. The Morgan fingerprint density at radius 2 is 1.60 bits per heavy atom. The summed E-state index contributed by atoms with van der Waals surface area (Å²) in [4.78, 5) is 0. The van der Waals surface area contributed by atoms with E-state index < -0.39 is 17.6 Å². The highest BCUT2D eigenvalue weighted by Crippen LogP contribution is 2.35. The maximum absolute atomic E-state index is 13.1. The monoisotopic (exact) mass is 348 g/mol. The summed E-state index contributed by atoms with van der Waals surface area (Å²) in [5.41, 5.74) is 4.72. The summed E-state index contributed by atoms with van der Waals surface area (Å²) >= 11 is 3.00. The molecule has 0 saturated carbocycles. The highest BCUT2D eigenvalue weighted by molar-refractivity contribution is 9.10. The van der Waals surface area contributed by atoms with Crippen LogP contribution >= 0.6 is 15.9 Å². The van der Waals surface area contributed by atoms with Crippen molar-refractivity contribution in [2.24, 2.45) is 0 Å². The maximum Gasteiger partial charge on any atom is 0.418 e. The molecule has 0 radical (unpaired) electrons. The molecule has 106 valence electrons. The quantitative estimate of drug-likeness (QED) is 0.596. The second-order valence-electron chi connectivity index (χ2n) is 4.05. The Kier molecular flexibility index (Phi) is 3.89. The van der Waals surface area contributed by atoms with Gasteiger partial charge >= 0.3 is 6.18 Å². The Morgan fingerprint density at radius 1 is 1.00 bits per heavy atom. The molecule has 3 N–H and O–H groups in total.